The van der Waals surface area contributed by atoms with Crippen LogP contribution in [0, 0.1) is 0 Å². The van der Waals surface area contributed by atoms with Gasteiger partial charge in [-0.2, -0.15) is 0 Å². The van der Waals surface area contributed by atoms with Gasteiger partial charge in [-0.05, 0) is 25.5 Å². The standard InChI is InChI=1S/C13H14ClNO3/c14-9-7-12-11(17-4-5-18-12)6-8(9)13(16)10-2-1-3-15-10/h6-7,10,15H,1-5H2. The molecule has 1 unspecified atom stereocenters. The van der Waals surface area contributed by atoms with Crippen molar-refractivity contribution in [1.29, 1.82) is 0 Å². The Bertz CT molecular complexity index is 483. The summed E-state index contributed by atoms with van der Waals surface area (Å²) in [7, 11) is 0. The summed E-state index contributed by atoms with van der Waals surface area (Å²) in [6, 6.07) is 3.24. The number of nitrogens with one attached hydrogen (secondary N) is 1. The van der Waals surface area contributed by atoms with Crippen molar-refractivity contribution in [3.05, 3.63) is 22.7 Å². The second-order valence-electron chi connectivity index (χ2n) is 4.49. The van der Waals surface area contributed by atoms with Crippen LogP contribution < -0.4 is 14.8 Å². The molecule has 2 aliphatic heterocycles. The maximum Gasteiger partial charge on any atom is 0.181 e. The number of carbonyl (C=O) groups excluding carboxylic acids is 1. The number of halogens is 1. The number of hydrogen-bond acceptors (Lipinski definition) is 4. The van der Waals surface area contributed by atoms with Gasteiger partial charge in [0, 0.05) is 11.6 Å². The maximum absolute atomic E-state index is 12.3. The minimum Gasteiger partial charge on any atom is -0.486 e. The van der Waals surface area contributed by atoms with E-state index in [1.807, 2.05) is 0 Å². The van der Waals surface area contributed by atoms with Gasteiger partial charge in [-0.25, -0.2) is 0 Å². The Hall–Kier alpha value is -1.26. The molecule has 0 aromatic heterocycles. The molecule has 1 N–H and O–H groups in total. The van der Waals surface area contributed by atoms with E-state index >= 15 is 0 Å². The van der Waals surface area contributed by atoms with Crippen LogP contribution in [0.25, 0.3) is 0 Å². The lowest BCUT2D eigenvalue weighted by atomic mass is 10.0. The van der Waals surface area contributed by atoms with Crippen LogP contribution in [0.2, 0.25) is 5.02 Å². The molecule has 0 bridgehead atoms. The van der Waals surface area contributed by atoms with Gasteiger partial charge in [0.05, 0.1) is 11.1 Å². The SMILES string of the molecule is O=C(c1cc2c(cc1Cl)OCCO2)C1CCCN1. The van der Waals surface area contributed by atoms with Crippen LogP contribution in [0.15, 0.2) is 12.1 Å². The van der Waals surface area contributed by atoms with E-state index in [1.54, 1.807) is 12.1 Å². The molecule has 1 fully saturated rings. The van der Waals surface area contributed by atoms with Crippen LogP contribution in [0.3, 0.4) is 0 Å². The van der Waals surface area contributed by atoms with Gasteiger partial charge in [-0.15, -0.1) is 0 Å². The number of benzene rings is 1. The first-order valence-electron chi connectivity index (χ1n) is 6.12. The Morgan fingerprint density at radius 1 is 1.28 bits per heavy atom. The molecule has 1 saturated heterocycles. The Balaban J connectivity index is 1.93. The van der Waals surface area contributed by atoms with Crippen molar-refractivity contribution in [2.24, 2.45) is 0 Å². The lowest BCUT2D eigenvalue weighted by Crippen LogP contribution is -2.31. The smallest absolute Gasteiger partial charge is 0.181 e. The van der Waals surface area contributed by atoms with Gasteiger partial charge in [0.15, 0.2) is 17.3 Å². The Morgan fingerprint density at radius 2 is 2.00 bits per heavy atom. The predicted octanol–water partition coefficient (Wildman–Crippen LogP) is 2.05. The Morgan fingerprint density at radius 3 is 2.67 bits per heavy atom. The number of carbonyl (C=O) groups is 1. The number of hydrogen-bond donors (Lipinski definition) is 1. The number of rotatable bonds is 2. The largest absolute Gasteiger partial charge is 0.486 e. The number of ketones is 1. The van der Waals surface area contributed by atoms with E-state index in [-0.39, 0.29) is 11.8 Å². The lowest BCUT2D eigenvalue weighted by Gasteiger charge is -2.20. The highest BCUT2D eigenvalue weighted by Gasteiger charge is 2.26. The molecule has 0 aliphatic carbocycles. The monoisotopic (exact) mass is 267 g/mol. The van der Waals surface area contributed by atoms with Crippen molar-refractivity contribution in [2.45, 2.75) is 18.9 Å². The van der Waals surface area contributed by atoms with Gasteiger partial charge in [0.1, 0.15) is 13.2 Å². The molecule has 18 heavy (non-hydrogen) atoms. The number of fused-ring (bicyclic) bond motifs is 1. The second-order valence-corrected chi connectivity index (χ2v) is 4.90. The van der Waals surface area contributed by atoms with Gasteiger partial charge in [0.2, 0.25) is 0 Å². The Kier molecular flexibility index (Phi) is 3.14. The maximum atomic E-state index is 12.3. The molecule has 3 rings (SSSR count). The van der Waals surface area contributed by atoms with Gasteiger partial charge < -0.3 is 14.8 Å². The van der Waals surface area contributed by atoms with Crippen molar-refractivity contribution < 1.29 is 14.3 Å². The first kappa shape index (κ1) is 11.8. The first-order valence-corrected chi connectivity index (χ1v) is 6.50. The molecule has 0 radical (unpaired) electrons. The molecule has 0 saturated carbocycles. The molecule has 4 nitrogen and oxygen atoms in total. The summed E-state index contributed by atoms with van der Waals surface area (Å²) >= 11 is 6.15. The fourth-order valence-corrected chi connectivity index (χ4v) is 2.60. The third-order valence-electron chi connectivity index (χ3n) is 3.27. The van der Waals surface area contributed by atoms with Crippen LogP contribution in [-0.2, 0) is 0 Å². The van der Waals surface area contributed by atoms with Crippen molar-refractivity contribution >= 4 is 17.4 Å². The van der Waals surface area contributed by atoms with Gasteiger partial charge >= 0.3 is 0 Å². The molecule has 0 spiro atoms. The normalized spacial score (nSPS) is 21.9. The lowest BCUT2D eigenvalue weighted by molar-refractivity contribution is 0.0951. The molecule has 5 heteroatoms. The third-order valence-corrected chi connectivity index (χ3v) is 3.59. The summed E-state index contributed by atoms with van der Waals surface area (Å²) in [6.45, 7) is 1.91. The minimum absolute atomic E-state index is 0.0365. The van der Waals surface area contributed by atoms with E-state index in [4.69, 9.17) is 21.1 Å². The van der Waals surface area contributed by atoms with Crippen LogP contribution >= 0.6 is 11.6 Å². The zero-order valence-electron chi connectivity index (χ0n) is 9.87. The van der Waals surface area contributed by atoms with Gasteiger partial charge in [0.25, 0.3) is 0 Å². The van der Waals surface area contributed by atoms with E-state index in [9.17, 15) is 4.79 Å². The summed E-state index contributed by atoms with van der Waals surface area (Å²) in [5, 5.41) is 3.61. The summed E-state index contributed by atoms with van der Waals surface area (Å²) in [4.78, 5) is 12.3. The molecule has 2 heterocycles. The van der Waals surface area contributed by atoms with Gasteiger partial charge in [-0.1, -0.05) is 11.6 Å². The van der Waals surface area contributed by atoms with Crippen LogP contribution in [-0.4, -0.2) is 31.6 Å². The highest BCUT2D eigenvalue weighted by molar-refractivity contribution is 6.34. The quantitative estimate of drug-likeness (QED) is 0.833. The number of Topliss-reactive ketones (excluding diaryl/α,β-unsaturated/α-hetero) is 1. The highest BCUT2D eigenvalue weighted by Crippen LogP contribution is 2.36. The molecular weight excluding hydrogens is 254 g/mol. The van der Waals surface area contributed by atoms with Crippen LogP contribution in [0.4, 0.5) is 0 Å². The molecule has 2 aliphatic rings. The third kappa shape index (κ3) is 2.06. The van der Waals surface area contributed by atoms with Gasteiger partial charge in [-0.3, -0.25) is 4.79 Å². The van der Waals surface area contributed by atoms with E-state index < -0.39 is 0 Å². The number of ether oxygens (including phenoxy) is 2. The Labute approximate surface area is 110 Å². The van der Waals surface area contributed by atoms with Crippen molar-refractivity contribution in [1.82, 2.24) is 5.32 Å². The van der Waals surface area contributed by atoms with E-state index in [1.165, 1.54) is 0 Å². The fourth-order valence-electron chi connectivity index (χ4n) is 2.35. The predicted molar refractivity (Wildman–Crippen MR) is 67.8 cm³/mol. The molecule has 1 aromatic carbocycles. The second kappa shape index (κ2) is 4.78. The average molecular weight is 268 g/mol. The average Bonchev–Trinajstić information content (AvgIpc) is 2.91. The molecule has 1 aromatic rings. The minimum atomic E-state index is -0.120. The topological polar surface area (TPSA) is 47.6 Å². The molecular formula is C13H14ClNO3. The molecule has 96 valence electrons. The van der Waals surface area contributed by atoms with Crippen LogP contribution in [0.5, 0.6) is 11.5 Å². The zero-order valence-corrected chi connectivity index (χ0v) is 10.6. The highest BCUT2D eigenvalue weighted by atomic mass is 35.5. The van der Waals surface area contributed by atoms with E-state index in [2.05, 4.69) is 5.32 Å². The first-order chi connectivity index (χ1) is 8.75. The summed E-state index contributed by atoms with van der Waals surface area (Å²) in [5.74, 6) is 1.25. The van der Waals surface area contributed by atoms with Crippen molar-refractivity contribution in [3.8, 4) is 11.5 Å². The summed E-state index contributed by atoms with van der Waals surface area (Å²) in [6.07, 6.45) is 1.89. The van der Waals surface area contributed by atoms with Crippen molar-refractivity contribution in [2.75, 3.05) is 19.8 Å². The van der Waals surface area contributed by atoms with E-state index in [0.29, 0.717) is 35.3 Å². The zero-order chi connectivity index (χ0) is 12.5. The summed E-state index contributed by atoms with van der Waals surface area (Å²) in [5.41, 5.74) is 0.514. The van der Waals surface area contributed by atoms with E-state index in [0.717, 1.165) is 19.4 Å². The summed E-state index contributed by atoms with van der Waals surface area (Å²) < 4.78 is 10.9. The van der Waals surface area contributed by atoms with Crippen molar-refractivity contribution in [3.63, 3.8) is 0 Å². The molecule has 0 amide bonds. The molecule has 1 atom stereocenters. The van der Waals surface area contributed by atoms with Crippen LogP contribution in [0.1, 0.15) is 23.2 Å². The fraction of sp³-hybridized carbons (Fsp3) is 0.462.